The number of aromatic nitrogens is 4. The van der Waals surface area contributed by atoms with Gasteiger partial charge in [0.2, 0.25) is 0 Å². The van der Waals surface area contributed by atoms with Gasteiger partial charge in [-0.3, -0.25) is 4.98 Å². The summed E-state index contributed by atoms with van der Waals surface area (Å²) in [6.45, 7) is 0.0673. The minimum atomic E-state index is -1.85. The molecule has 4 aromatic rings. The maximum Gasteiger partial charge on any atom is 0.146 e. The van der Waals surface area contributed by atoms with Gasteiger partial charge in [-0.15, -0.1) is 0 Å². The lowest BCUT2D eigenvalue weighted by Crippen LogP contribution is -2.28. The van der Waals surface area contributed by atoms with Crippen molar-refractivity contribution in [2.24, 2.45) is 5.73 Å². The van der Waals surface area contributed by atoms with Gasteiger partial charge >= 0.3 is 0 Å². The van der Waals surface area contributed by atoms with Gasteiger partial charge in [0.25, 0.3) is 0 Å². The van der Waals surface area contributed by atoms with Crippen molar-refractivity contribution in [1.82, 2.24) is 19.5 Å². The van der Waals surface area contributed by atoms with Gasteiger partial charge in [-0.25, -0.2) is 9.97 Å². The molecule has 5 rings (SSSR count). The van der Waals surface area contributed by atoms with E-state index in [4.69, 9.17) is 14.2 Å². The van der Waals surface area contributed by atoms with Crippen LogP contribution in [0, 0.1) is 0 Å². The van der Waals surface area contributed by atoms with Crippen molar-refractivity contribution < 1.29 is 2.74 Å². The summed E-state index contributed by atoms with van der Waals surface area (Å²) in [7, 11) is 0. The van der Waals surface area contributed by atoms with Crippen LogP contribution >= 0.6 is 0 Å². The van der Waals surface area contributed by atoms with E-state index in [1.54, 1.807) is 16.8 Å². The fourth-order valence-electron chi connectivity index (χ4n) is 3.66. The van der Waals surface area contributed by atoms with E-state index in [9.17, 15) is 0 Å². The molecule has 0 unspecified atom stereocenters. The second-order valence-electron chi connectivity index (χ2n) is 6.44. The van der Waals surface area contributed by atoms with E-state index in [-0.39, 0.29) is 0 Å². The highest BCUT2D eigenvalue weighted by atomic mass is 15.1. The zero-order valence-corrected chi connectivity index (χ0v) is 14.1. The normalized spacial score (nSPS) is 19.8. The second-order valence-corrected chi connectivity index (χ2v) is 6.44. The van der Waals surface area contributed by atoms with Gasteiger partial charge in [0.15, 0.2) is 0 Å². The first-order chi connectivity index (χ1) is 13.4. The lowest BCUT2D eigenvalue weighted by Gasteiger charge is -2.21. The fourth-order valence-corrected chi connectivity index (χ4v) is 3.66. The predicted octanol–water partition coefficient (Wildman–Crippen LogP) is 2.97. The van der Waals surface area contributed by atoms with Crippen LogP contribution < -0.4 is 11.5 Å². The van der Waals surface area contributed by atoms with Gasteiger partial charge in [0.05, 0.1) is 19.3 Å². The number of para-hydroxylation sites is 1. The van der Waals surface area contributed by atoms with Crippen molar-refractivity contribution >= 4 is 33.3 Å². The minimum absolute atomic E-state index is 0.298. The van der Waals surface area contributed by atoms with Crippen LogP contribution in [-0.2, 0) is 6.50 Å². The average molecular weight is 344 g/mol. The van der Waals surface area contributed by atoms with Gasteiger partial charge in [-0.05, 0) is 24.6 Å². The molecule has 0 amide bonds. The Morgan fingerprint density at radius 2 is 2.08 bits per heavy atom. The number of nitrogen functional groups attached to an aromatic ring is 1. The smallest absolute Gasteiger partial charge is 0.146 e. The van der Waals surface area contributed by atoms with E-state index in [0.717, 1.165) is 27.6 Å². The largest absolute Gasteiger partial charge is 0.383 e. The number of pyridine rings is 1. The van der Waals surface area contributed by atoms with Crippen molar-refractivity contribution in [3.05, 3.63) is 54.6 Å². The van der Waals surface area contributed by atoms with Crippen LogP contribution in [0.3, 0.4) is 0 Å². The summed E-state index contributed by atoms with van der Waals surface area (Å²) < 4.78 is 18.8. The highest BCUT2D eigenvalue weighted by Gasteiger charge is 2.26. The van der Waals surface area contributed by atoms with E-state index in [2.05, 4.69) is 15.0 Å². The number of rotatable bonds is 1. The van der Waals surface area contributed by atoms with Gasteiger partial charge in [0.1, 0.15) is 17.8 Å². The third kappa shape index (κ3) is 2.06. The molecule has 0 bridgehead atoms. The molecule has 6 heteroatoms. The summed E-state index contributed by atoms with van der Waals surface area (Å²) in [5, 5.41) is 1.60. The number of nitrogens with zero attached hydrogens (tertiary/aromatic N) is 4. The molecule has 0 radical (unpaired) electrons. The standard InChI is InChI=1S/C20H18N6/c1-11-6-14(21)9-26-18(11)16(17-19(22)24-10-25-20(17)26)13-7-12-4-2-3-5-15(12)23-8-13/h2-8,10,14H,9,21H2,1H3,(H2,22,24,25)/t14-/m0/s1/i9D2. The first kappa shape index (κ1) is 13.0. The first-order valence-electron chi connectivity index (χ1n) is 9.34. The Labute approximate surface area is 153 Å². The molecule has 1 aromatic carbocycles. The molecule has 4 N–H and O–H groups in total. The van der Waals surface area contributed by atoms with Crippen LogP contribution in [0.1, 0.15) is 15.4 Å². The fraction of sp³-hybridized carbons (Fsp3) is 0.150. The summed E-state index contributed by atoms with van der Waals surface area (Å²) in [4.78, 5) is 13.1. The van der Waals surface area contributed by atoms with Crippen molar-refractivity contribution in [2.75, 3.05) is 5.73 Å². The Morgan fingerprint density at radius 3 is 2.96 bits per heavy atom. The highest BCUT2D eigenvalue weighted by molar-refractivity contribution is 6.06. The van der Waals surface area contributed by atoms with Crippen molar-refractivity contribution in [1.29, 1.82) is 0 Å². The Hall–Kier alpha value is -3.25. The zero-order valence-electron chi connectivity index (χ0n) is 16.1. The number of hydrogen-bond acceptors (Lipinski definition) is 5. The molecule has 1 aliphatic rings. The summed E-state index contributed by atoms with van der Waals surface area (Å²) in [5.74, 6) is 0.298. The van der Waals surface area contributed by atoms with E-state index in [0.29, 0.717) is 22.5 Å². The van der Waals surface area contributed by atoms with E-state index in [1.165, 1.54) is 6.33 Å². The van der Waals surface area contributed by atoms with Crippen LogP contribution in [0.5, 0.6) is 0 Å². The zero-order chi connectivity index (χ0) is 19.6. The second kappa shape index (κ2) is 5.37. The number of allylic oxidation sites excluding steroid dienone is 1. The monoisotopic (exact) mass is 344 g/mol. The molecule has 3 aromatic heterocycles. The molecule has 0 spiro atoms. The van der Waals surface area contributed by atoms with Gasteiger partial charge < -0.3 is 16.0 Å². The van der Waals surface area contributed by atoms with Gasteiger partial charge in [-0.2, -0.15) is 0 Å². The predicted molar refractivity (Wildman–Crippen MR) is 104 cm³/mol. The van der Waals surface area contributed by atoms with Crippen LogP contribution in [0.4, 0.5) is 5.82 Å². The van der Waals surface area contributed by atoms with Crippen molar-refractivity contribution in [3.63, 3.8) is 0 Å². The van der Waals surface area contributed by atoms with Gasteiger partial charge in [-0.1, -0.05) is 24.3 Å². The van der Waals surface area contributed by atoms with E-state index in [1.807, 2.05) is 37.3 Å². The summed E-state index contributed by atoms with van der Waals surface area (Å²) >= 11 is 0. The molecule has 128 valence electrons. The number of anilines is 1. The third-order valence-corrected chi connectivity index (χ3v) is 4.74. The number of benzene rings is 1. The molecule has 6 nitrogen and oxygen atoms in total. The molecule has 1 aliphatic heterocycles. The molecule has 1 atom stereocenters. The van der Waals surface area contributed by atoms with Crippen LogP contribution in [0.25, 0.3) is 38.6 Å². The van der Waals surface area contributed by atoms with E-state index >= 15 is 0 Å². The Bertz CT molecular complexity index is 1290. The number of hydrogen-bond donors (Lipinski definition) is 2. The van der Waals surface area contributed by atoms with Gasteiger partial charge in [0, 0.05) is 35.2 Å². The van der Waals surface area contributed by atoms with Crippen molar-refractivity contribution in [3.8, 4) is 11.1 Å². The SMILES string of the molecule is [2H]C1([2H])[C@@H](N)C=C(C)c2c(-c3cnc4ccccc4c3)c3c(N)ncnc3n21. The summed E-state index contributed by atoms with van der Waals surface area (Å²) in [6, 6.07) is 9.08. The number of nitrogens with two attached hydrogens (primary N) is 2. The quantitative estimate of drug-likeness (QED) is 0.553. The molecule has 26 heavy (non-hydrogen) atoms. The topological polar surface area (TPSA) is 95.6 Å². The van der Waals surface area contributed by atoms with E-state index < -0.39 is 12.5 Å². The Morgan fingerprint density at radius 1 is 1.23 bits per heavy atom. The Balaban J connectivity index is 1.95. The average Bonchev–Trinajstić information content (AvgIpc) is 3.04. The van der Waals surface area contributed by atoms with Crippen molar-refractivity contribution in [2.45, 2.75) is 19.5 Å². The molecule has 0 aliphatic carbocycles. The summed E-state index contributed by atoms with van der Waals surface area (Å²) in [6.07, 6.45) is 4.88. The van der Waals surface area contributed by atoms with Crippen LogP contribution in [0.2, 0.25) is 0 Å². The lowest BCUT2D eigenvalue weighted by molar-refractivity contribution is 0.625. The molecule has 0 saturated heterocycles. The number of fused-ring (bicyclic) bond motifs is 4. The molecule has 4 heterocycles. The summed E-state index contributed by atoms with van der Waals surface area (Å²) in [5.41, 5.74) is 16.8. The molecular weight excluding hydrogens is 324 g/mol. The third-order valence-electron chi connectivity index (χ3n) is 4.74. The molecule has 0 fully saturated rings. The Kier molecular flexibility index (Phi) is 2.69. The highest BCUT2D eigenvalue weighted by Crippen LogP contribution is 2.41. The molecular formula is C20H18N6. The minimum Gasteiger partial charge on any atom is -0.383 e. The van der Waals surface area contributed by atoms with Crippen LogP contribution in [-0.4, -0.2) is 25.6 Å². The molecule has 0 saturated carbocycles. The lowest BCUT2D eigenvalue weighted by atomic mass is 9.97. The maximum atomic E-state index is 8.61. The van der Waals surface area contributed by atoms with Crippen LogP contribution in [0.15, 0.2) is 48.9 Å². The first-order valence-corrected chi connectivity index (χ1v) is 8.34. The maximum absolute atomic E-state index is 8.61.